The Morgan fingerprint density at radius 1 is 1.33 bits per heavy atom. The van der Waals surface area contributed by atoms with Crippen LogP contribution in [0.15, 0.2) is 29.3 Å². The standard InChI is InChI=1S/C14H14N4O6/c1-7(19)22-4-9-3-10(23-8(2)20)14(24-9)18-6-17-11-12(18)15-5-16-13(11)21/h3,5-6,10,14H,4H2,1-2H3,(H,15,16,21)/t10-,14-/m1/s1. The molecule has 0 bridgehead atoms. The highest BCUT2D eigenvalue weighted by Gasteiger charge is 2.35. The zero-order chi connectivity index (χ0) is 17.3. The van der Waals surface area contributed by atoms with Crippen LogP contribution in [0.4, 0.5) is 0 Å². The molecule has 1 aliphatic heterocycles. The van der Waals surface area contributed by atoms with Crippen LogP contribution in [-0.4, -0.2) is 44.2 Å². The van der Waals surface area contributed by atoms with Gasteiger partial charge in [-0.15, -0.1) is 0 Å². The third-order valence-corrected chi connectivity index (χ3v) is 3.26. The molecule has 3 heterocycles. The lowest BCUT2D eigenvalue weighted by atomic mass is 10.3. The lowest BCUT2D eigenvalue weighted by Crippen LogP contribution is -2.25. The first kappa shape index (κ1) is 15.7. The van der Waals surface area contributed by atoms with Gasteiger partial charge in [-0.3, -0.25) is 19.0 Å². The van der Waals surface area contributed by atoms with E-state index in [0.29, 0.717) is 5.76 Å². The lowest BCUT2D eigenvalue weighted by Gasteiger charge is -2.20. The number of hydrogen-bond acceptors (Lipinski definition) is 8. The summed E-state index contributed by atoms with van der Waals surface area (Å²) in [7, 11) is 0. The topological polar surface area (TPSA) is 125 Å². The number of nitrogens with one attached hydrogen (secondary N) is 1. The van der Waals surface area contributed by atoms with Crippen molar-refractivity contribution < 1.29 is 23.8 Å². The van der Waals surface area contributed by atoms with Crippen LogP contribution in [0.2, 0.25) is 0 Å². The van der Waals surface area contributed by atoms with Crippen LogP contribution < -0.4 is 5.56 Å². The molecule has 2 aromatic rings. The van der Waals surface area contributed by atoms with E-state index < -0.39 is 29.8 Å². The van der Waals surface area contributed by atoms with E-state index in [9.17, 15) is 14.4 Å². The van der Waals surface area contributed by atoms with Crippen LogP contribution in [0.1, 0.15) is 20.1 Å². The molecule has 126 valence electrons. The second kappa shape index (κ2) is 6.14. The molecule has 24 heavy (non-hydrogen) atoms. The predicted molar refractivity (Wildman–Crippen MR) is 78.5 cm³/mol. The summed E-state index contributed by atoms with van der Waals surface area (Å²) in [5.41, 5.74) is 0.0213. The first-order valence-corrected chi connectivity index (χ1v) is 7.04. The molecule has 0 amide bonds. The van der Waals surface area contributed by atoms with Gasteiger partial charge in [0.05, 0.1) is 6.33 Å². The summed E-state index contributed by atoms with van der Waals surface area (Å²) in [4.78, 5) is 44.5. The number of imidazole rings is 1. The molecule has 10 heteroatoms. The zero-order valence-electron chi connectivity index (χ0n) is 12.9. The van der Waals surface area contributed by atoms with Crippen molar-refractivity contribution in [3.8, 4) is 0 Å². The zero-order valence-corrected chi connectivity index (χ0v) is 12.9. The van der Waals surface area contributed by atoms with Gasteiger partial charge in [-0.25, -0.2) is 9.97 Å². The average Bonchev–Trinajstić information content (AvgIpc) is 3.09. The third-order valence-electron chi connectivity index (χ3n) is 3.26. The second-order valence-corrected chi connectivity index (χ2v) is 5.05. The molecule has 0 fully saturated rings. The number of esters is 2. The van der Waals surface area contributed by atoms with Gasteiger partial charge in [0.2, 0.25) is 6.23 Å². The normalized spacial score (nSPS) is 19.7. The molecular weight excluding hydrogens is 320 g/mol. The number of fused-ring (bicyclic) bond motifs is 1. The fraction of sp³-hybridized carbons (Fsp3) is 0.357. The summed E-state index contributed by atoms with van der Waals surface area (Å²) in [6.07, 6.45) is 2.57. The molecule has 1 N–H and O–H groups in total. The summed E-state index contributed by atoms with van der Waals surface area (Å²) in [5, 5.41) is 0. The van der Waals surface area contributed by atoms with Crippen LogP contribution in [0.5, 0.6) is 0 Å². The quantitative estimate of drug-likeness (QED) is 0.776. The summed E-state index contributed by atoms with van der Waals surface area (Å²) in [5.74, 6) is -0.643. The fourth-order valence-electron chi connectivity index (χ4n) is 2.33. The SMILES string of the molecule is CC(=O)OCC1=C[C@@H](OC(C)=O)[C@H](n2cnc3c(=O)[nH]cnc32)O1. The van der Waals surface area contributed by atoms with E-state index in [0.717, 1.165) is 0 Å². The van der Waals surface area contributed by atoms with Gasteiger partial charge >= 0.3 is 11.9 Å². The summed E-state index contributed by atoms with van der Waals surface area (Å²) < 4.78 is 17.3. The van der Waals surface area contributed by atoms with Crippen LogP contribution in [-0.2, 0) is 23.8 Å². The number of hydrogen-bond donors (Lipinski definition) is 1. The maximum atomic E-state index is 11.7. The molecule has 2 aromatic heterocycles. The van der Waals surface area contributed by atoms with Crippen LogP contribution >= 0.6 is 0 Å². The Kier molecular flexibility index (Phi) is 4.02. The van der Waals surface area contributed by atoms with Crippen LogP contribution in [0.25, 0.3) is 11.2 Å². The van der Waals surface area contributed by atoms with Gasteiger partial charge in [0, 0.05) is 19.9 Å². The fourth-order valence-corrected chi connectivity index (χ4v) is 2.33. The minimum absolute atomic E-state index is 0.0930. The van der Waals surface area contributed by atoms with Crippen molar-refractivity contribution in [2.24, 2.45) is 0 Å². The first-order valence-electron chi connectivity index (χ1n) is 7.04. The minimum atomic E-state index is -0.807. The summed E-state index contributed by atoms with van der Waals surface area (Å²) >= 11 is 0. The van der Waals surface area contributed by atoms with E-state index >= 15 is 0 Å². The second-order valence-electron chi connectivity index (χ2n) is 5.05. The Balaban J connectivity index is 1.92. The number of ether oxygens (including phenoxy) is 3. The van der Waals surface area contributed by atoms with Gasteiger partial charge in [0.1, 0.15) is 18.7 Å². The number of rotatable bonds is 4. The lowest BCUT2D eigenvalue weighted by molar-refractivity contribution is -0.150. The van der Waals surface area contributed by atoms with Gasteiger partial charge in [0.25, 0.3) is 5.56 Å². The van der Waals surface area contributed by atoms with Gasteiger partial charge in [0.15, 0.2) is 17.3 Å². The number of carbonyl (C=O) groups excluding carboxylic acids is 2. The van der Waals surface area contributed by atoms with E-state index in [1.807, 2.05) is 0 Å². The van der Waals surface area contributed by atoms with Crippen molar-refractivity contribution in [3.63, 3.8) is 0 Å². The van der Waals surface area contributed by atoms with Crippen molar-refractivity contribution in [2.75, 3.05) is 6.61 Å². The predicted octanol–water partition coefficient (Wildman–Crippen LogP) is 0.0271. The first-order chi connectivity index (χ1) is 11.5. The average molecular weight is 334 g/mol. The Morgan fingerprint density at radius 3 is 2.83 bits per heavy atom. The number of carbonyl (C=O) groups is 2. The number of aromatic amines is 1. The molecule has 3 rings (SSSR count). The van der Waals surface area contributed by atoms with E-state index in [1.165, 1.54) is 37.1 Å². The van der Waals surface area contributed by atoms with Gasteiger partial charge < -0.3 is 19.2 Å². The molecule has 0 aromatic carbocycles. The molecular formula is C14H14N4O6. The molecule has 0 unspecified atom stereocenters. The van der Waals surface area contributed by atoms with E-state index in [-0.39, 0.29) is 17.8 Å². The maximum Gasteiger partial charge on any atom is 0.303 e. The van der Waals surface area contributed by atoms with Crippen LogP contribution in [0, 0.1) is 0 Å². The smallest absolute Gasteiger partial charge is 0.303 e. The number of nitrogens with zero attached hydrogens (tertiary/aromatic N) is 3. The molecule has 0 spiro atoms. The monoisotopic (exact) mass is 334 g/mol. The molecule has 0 aliphatic carbocycles. The van der Waals surface area contributed by atoms with E-state index in [2.05, 4.69) is 15.0 Å². The Morgan fingerprint density at radius 2 is 2.12 bits per heavy atom. The van der Waals surface area contributed by atoms with Crippen molar-refractivity contribution in [1.29, 1.82) is 0 Å². The molecule has 0 radical (unpaired) electrons. The largest absolute Gasteiger partial charge is 0.467 e. The highest BCUT2D eigenvalue weighted by atomic mass is 16.6. The van der Waals surface area contributed by atoms with Crippen LogP contribution in [0.3, 0.4) is 0 Å². The van der Waals surface area contributed by atoms with E-state index in [4.69, 9.17) is 14.2 Å². The maximum absolute atomic E-state index is 11.7. The Bertz CT molecular complexity index is 883. The van der Waals surface area contributed by atoms with Crippen molar-refractivity contribution in [2.45, 2.75) is 26.2 Å². The number of H-pyrrole nitrogens is 1. The van der Waals surface area contributed by atoms with Crippen molar-refractivity contribution in [3.05, 3.63) is 34.8 Å². The Labute approximate surface area is 135 Å². The molecule has 0 saturated carbocycles. The molecule has 10 nitrogen and oxygen atoms in total. The van der Waals surface area contributed by atoms with Gasteiger partial charge in [-0.05, 0) is 0 Å². The summed E-state index contributed by atoms with van der Waals surface area (Å²) in [6, 6.07) is 0. The van der Waals surface area contributed by atoms with E-state index in [1.54, 1.807) is 0 Å². The van der Waals surface area contributed by atoms with Crippen molar-refractivity contribution in [1.82, 2.24) is 19.5 Å². The third kappa shape index (κ3) is 2.98. The molecule has 2 atom stereocenters. The minimum Gasteiger partial charge on any atom is -0.467 e. The van der Waals surface area contributed by atoms with Gasteiger partial charge in [-0.2, -0.15) is 0 Å². The van der Waals surface area contributed by atoms with Gasteiger partial charge in [-0.1, -0.05) is 0 Å². The summed E-state index contributed by atoms with van der Waals surface area (Å²) in [6.45, 7) is 2.45. The van der Waals surface area contributed by atoms with Crippen molar-refractivity contribution >= 4 is 23.1 Å². The highest BCUT2D eigenvalue weighted by molar-refractivity contribution is 5.69. The highest BCUT2D eigenvalue weighted by Crippen LogP contribution is 2.30. The molecule has 1 aliphatic rings. The Hall–Kier alpha value is -3.17. The molecule has 0 saturated heterocycles. The number of aromatic nitrogens is 4.